The van der Waals surface area contributed by atoms with Gasteiger partial charge in [-0.15, -0.1) is 0 Å². The molecule has 2 aliphatic rings. The summed E-state index contributed by atoms with van der Waals surface area (Å²) in [6, 6.07) is 6.05. The summed E-state index contributed by atoms with van der Waals surface area (Å²) >= 11 is 0. The number of hydrogen-bond acceptors (Lipinski definition) is 5. The van der Waals surface area contributed by atoms with Gasteiger partial charge in [-0.3, -0.25) is 0 Å². The fourth-order valence-electron chi connectivity index (χ4n) is 4.78. The normalized spacial score (nSPS) is 20.6. The van der Waals surface area contributed by atoms with E-state index in [4.69, 9.17) is 0 Å². The molecule has 1 aromatic rings. The first kappa shape index (κ1) is 21.8. The number of nitrogens with zero attached hydrogens (tertiary/aromatic N) is 1. The molecule has 0 amide bonds. The van der Waals surface area contributed by atoms with E-state index in [1.54, 1.807) is 19.1 Å². The maximum Gasteiger partial charge on any atom is 0.180 e. The summed E-state index contributed by atoms with van der Waals surface area (Å²) in [5.74, 6) is 1.62. The minimum Gasteiger partial charge on any atom is -0.302 e. The second-order valence-electron chi connectivity index (χ2n) is 8.31. The third-order valence-electron chi connectivity index (χ3n) is 6.37. The van der Waals surface area contributed by atoms with Crippen molar-refractivity contribution in [2.75, 3.05) is 31.1 Å². The number of benzene rings is 1. The van der Waals surface area contributed by atoms with Crippen LogP contribution in [0.4, 0.5) is 0 Å². The molecule has 7 heteroatoms. The van der Waals surface area contributed by atoms with Gasteiger partial charge in [0.25, 0.3) is 0 Å². The fourth-order valence-corrected chi connectivity index (χ4v) is 8.34. The van der Waals surface area contributed by atoms with Crippen LogP contribution in [0.15, 0.2) is 34.1 Å². The highest BCUT2D eigenvalue weighted by atomic mass is 32.2. The van der Waals surface area contributed by atoms with Crippen molar-refractivity contribution in [2.45, 2.75) is 61.7 Å². The van der Waals surface area contributed by atoms with Crippen molar-refractivity contribution in [3.63, 3.8) is 0 Å². The fraction of sp³-hybridized carbons (Fsp3) is 0.714. The Morgan fingerprint density at radius 2 is 1.32 bits per heavy atom. The van der Waals surface area contributed by atoms with E-state index in [1.807, 2.05) is 0 Å². The molecule has 1 heterocycles. The Kier molecular flexibility index (Phi) is 7.21. The second kappa shape index (κ2) is 9.26. The van der Waals surface area contributed by atoms with Gasteiger partial charge in [-0.2, -0.15) is 0 Å². The summed E-state index contributed by atoms with van der Waals surface area (Å²) in [6.45, 7) is 4.16. The monoisotopic (exact) mass is 427 g/mol. The molecule has 1 aromatic carbocycles. The van der Waals surface area contributed by atoms with Crippen molar-refractivity contribution >= 4 is 19.7 Å². The van der Waals surface area contributed by atoms with Crippen LogP contribution >= 0.6 is 0 Å². The molecule has 0 spiro atoms. The molecule has 0 aromatic heterocycles. The molecule has 2 fully saturated rings. The van der Waals surface area contributed by atoms with Crippen LogP contribution in [0.2, 0.25) is 0 Å². The summed E-state index contributed by atoms with van der Waals surface area (Å²) < 4.78 is 50.8. The summed E-state index contributed by atoms with van der Waals surface area (Å²) in [6.07, 6.45) is 8.24. The van der Waals surface area contributed by atoms with Gasteiger partial charge in [-0.25, -0.2) is 16.8 Å². The highest BCUT2D eigenvalue weighted by Crippen LogP contribution is 2.36. The van der Waals surface area contributed by atoms with Crippen LogP contribution in [0, 0.1) is 11.8 Å². The first-order valence-electron chi connectivity index (χ1n) is 10.6. The predicted molar refractivity (Wildman–Crippen MR) is 112 cm³/mol. The van der Waals surface area contributed by atoms with Crippen LogP contribution in [0.3, 0.4) is 0 Å². The number of rotatable bonds is 8. The van der Waals surface area contributed by atoms with E-state index in [0.717, 1.165) is 37.8 Å². The van der Waals surface area contributed by atoms with Crippen LogP contribution in [0.25, 0.3) is 0 Å². The van der Waals surface area contributed by atoms with Crippen molar-refractivity contribution in [3.05, 3.63) is 24.3 Å². The Labute approximate surface area is 170 Å². The maximum absolute atomic E-state index is 12.9. The van der Waals surface area contributed by atoms with Gasteiger partial charge in [0, 0.05) is 6.54 Å². The Morgan fingerprint density at radius 3 is 1.86 bits per heavy atom. The van der Waals surface area contributed by atoms with Crippen LogP contribution in [-0.2, 0) is 19.7 Å². The van der Waals surface area contributed by atoms with E-state index in [0.29, 0.717) is 13.0 Å². The van der Waals surface area contributed by atoms with Gasteiger partial charge in [0.1, 0.15) is 0 Å². The van der Waals surface area contributed by atoms with E-state index in [-0.39, 0.29) is 21.3 Å². The van der Waals surface area contributed by atoms with Crippen molar-refractivity contribution in [1.82, 2.24) is 4.90 Å². The average molecular weight is 428 g/mol. The number of piperidine rings is 1. The summed E-state index contributed by atoms with van der Waals surface area (Å²) in [7, 11) is -7.22. The highest BCUT2D eigenvalue weighted by Gasteiger charge is 2.30. The molecular formula is C21H33NO4S2. The molecule has 28 heavy (non-hydrogen) atoms. The van der Waals surface area contributed by atoms with Crippen molar-refractivity contribution in [1.29, 1.82) is 0 Å². The highest BCUT2D eigenvalue weighted by molar-refractivity contribution is 7.94. The van der Waals surface area contributed by atoms with Gasteiger partial charge in [-0.05, 0) is 56.3 Å². The quantitative estimate of drug-likeness (QED) is 0.634. The molecular weight excluding hydrogens is 394 g/mol. The number of sulfone groups is 2. The summed E-state index contributed by atoms with van der Waals surface area (Å²) in [5, 5.41) is 0. The Morgan fingerprint density at radius 1 is 0.821 bits per heavy atom. The zero-order valence-electron chi connectivity index (χ0n) is 16.8. The smallest absolute Gasteiger partial charge is 0.180 e. The Balaban J connectivity index is 1.62. The zero-order chi connectivity index (χ0) is 20.2. The molecule has 1 saturated carbocycles. The third kappa shape index (κ3) is 5.16. The van der Waals surface area contributed by atoms with Gasteiger partial charge in [0.2, 0.25) is 0 Å². The maximum atomic E-state index is 12.9. The van der Waals surface area contributed by atoms with Crippen LogP contribution in [0.1, 0.15) is 51.9 Å². The lowest BCUT2D eigenvalue weighted by atomic mass is 9.83. The molecule has 0 N–H and O–H groups in total. The first-order chi connectivity index (χ1) is 13.3. The minimum atomic E-state index is -3.64. The molecule has 1 saturated heterocycles. The van der Waals surface area contributed by atoms with E-state index >= 15 is 0 Å². The number of hydrogen-bond donors (Lipinski definition) is 0. The second-order valence-corrected chi connectivity index (χ2v) is 12.5. The standard InChI is InChI=1S/C21H33NO4S2/c1-2-16-27(23,24)20-9-5-6-10-21(20)28(25,26)17-15-22-13-11-19(12-14-22)18-7-3-4-8-18/h5-6,9-10,18-19H,2-4,7-8,11-17H2,1H3. The first-order valence-corrected chi connectivity index (χ1v) is 13.9. The molecule has 1 aliphatic carbocycles. The Hall–Kier alpha value is -0.920. The van der Waals surface area contributed by atoms with Gasteiger partial charge < -0.3 is 4.90 Å². The van der Waals surface area contributed by atoms with Gasteiger partial charge >= 0.3 is 0 Å². The third-order valence-corrected chi connectivity index (χ3v) is 10.2. The zero-order valence-corrected chi connectivity index (χ0v) is 18.5. The van der Waals surface area contributed by atoms with Crippen LogP contribution in [-0.4, -0.2) is 52.9 Å². The number of likely N-dealkylation sites (tertiary alicyclic amines) is 1. The lowest BCUT2D eigenvalue weighted by Gasteiger charge is -2.34. The van der Waals surface area contributed by atoms with Gasteiger partial charge in [-0.1, -0.05) is 44.7 Å². The molecule has 158 valence electrons. The van der Waals surface area contributed by atoms with E-state index < -0.39 is 19.7 Å². The van der Waals surface area contributed by atoms with Gasteiger partial charge in [0.15, 0.2) is 19.7 Å². The van der Waals surface area contributed by atoms with Gasteiger partial charge in [0.05, 0.1) is 21.3 Å². The molecule has 3 rings (SSSR count). The van der Waals surface area contributed by atoms with Crippen molar-refractivity contribution in [2.24, 2.45) is 11.8 Å². The lowest BCUT2D eigenvalue weighted by Crippen LogP contribution is -2.38. The molecule has 0 radical (unpaired) electrons. The van der Waals surface area contributed by atoms with Crippen LogP contribution in [0.5, 0.6) is 0 Å². The molecule has 0 atom stereocenters. The molecule has 0 bridgehead atoms. The minimum absolute atomic E-state index is 0.0280. The van der Waals surface area contributed by atoms with E-state index in [9.17, 15) is 16.8 Å². The SMILES string of the molecule is CCCS(=O)(=O)c1ccccc1S(=O)(=O)CCN1CCC(C2CCCC2)CC1. The predicted octanol–water partition coefficient (Wildman–Crippen LogP) is 3.55. The summed E-state index contributed by atoms with van der Waals surface area (Å²) in [5.41, 5.74) is 0. The van der Waals surface area contributed by atoms with Crippen molar-refractivity contribution < 1.29 is 16.8 Å². The topological polar surface area (TPSA) is 71.5 Å². The lowest BCUT2D eigenvalue weighted by molar-refractivity contribution is 0.154. The summed E-state index contributed by atoms with van der Waals surface area (Å²) in [4.78, 5) is 2.15. The Bertz CT molecular complexity index is 850. The van der Waals surface area contributed by atoms with Crippen LogP contribution < -0.4 is 0 Å². The largest absolute Gasteiger partial charge is 0.302 e. The van der Waals surface area contributed by atoms with E-state index in [2.05, 4.69) is 4.90 Å². The molecule has 1 aliphatic heterocycles. The van der Waals surface area contributed by atoms with E-state index in [1.165, 1.54) is 37.8 Å². The molecule has 0 unspecified atom stereocenters. The molecule has 5 nitrogen and oxygen atoms in total. The average Bonchev–Trinajstić information content (AvgIpc) is 3.22. The van der Waals surface area contributed by atoms with Crippen molar-refractivity contribution in [3.8, 4) is 0 Å².